The van der Waals surface area contributed by atoms with E-state index in [1.165, 1.54) is 30.0 Å². The summed E-state index contributed by atoms with van der Waals surface area (Å²) in [5.41, 5.74) is 7.55. The summed E-state index contributed by atoms with van der Waals surface area (Å²) in [5.74, 6) is 3.46. The summed E-state index contributed by atoms with van der Waals surface area (Å²) in [7, 11) is 0. The predicted molar refractivity (Wildman–Crippen MR) is 82.2 cm³/mol. The van der Waals surface area contributed by atoms with E-state index in [0.717, 1.165) is 31.9 Å². The van der Waals surface area contributed by atoms with E-state index < -0.39 is 0 Å². The van der Waals surface area contributed by atoms with Crippen LogP contribution in [0.1, 0.15) is 19.3 Å². The maximum Gasteiger partial charge on any atom is 0.142 e. The van der Waals surface area contributed by atoms with Gasteiger partial charge in [0.05, 0.1) is 17.8 Å². The minimum absolute atomic E-state index is 0.134. The van der Waals surface area contributed by atoms with E-state index >= 15 is 0 Å². The molecule has 1 fully saturated rings. The van der Waals surface area contributed by atoms with Crippen molar-refractivity contribution in [2.75, 3.05) is 36.1 Å². The average molecular weight is 278 g/mol. The summed E-state index contributed by atoms with van der Waals surface area (Å²) >= 11 is 2.05. The lowest BCUT2D eigenvalue weighted by molar-refractivity contribution is 0.318. The lowest BCUT2D eigenvalue weighted by Gasteiger charge is -2.47. The van der Waals surface area contributed by atoms with Crippen LogP contribution in [-0.2, 0) is 0 Å². The van der Waals surface area contributed by atoms with Crippen LogP contribution in [0.5, 0.6) is 5.75 Å². The van der Waals surface area contributed by atoms with Gasteiger partial charge in [-0.25, -0.2) is 0 Å². The Bertz CT molecular complexity index is 432. The van der Waals surface area contributed by atoms with Crippen LogP contribution in [0.15, 0.2) is 24.3 Å². The van der Waals surface area contributed by atoms with Gasteiger partial charge in [0.15, 0.2) is 0 Å². The first-order valence-corrected chi connectivity index (χ1v) is 8.28. The largest absolute Gasteiger partial charge is 0.491 e. The topological polar surface area (TPSA) is 38.5 Å². The number of benzene rings is 1. The van der Waals surface area contributed by atoms with Crippen molar-refractivity contribution in [2.45, 2.75) is 24.8 Å². The fraction of sp³-hybridized carbons (Fsp3) is 0.600. The van der Waals surface area contributed by atoms with Crippen molar-refractivity contribution in [3.63, 3.8) is 0 Å². The maximum atomic E-state index is 6.19. The van der Waals surface area contributed by atoms with E-state index in [-0.39, 0.29) is 5.54 Å². The highest BCUT2D eigenvalue weighted by Gasteiger charge is 2.38. The minimum atomic E-state index is 0.134. The van der Waals surface area contributed by atoms with Gasteiger partial charge in [0, 0.05) is 13.1 Å². The second kappa shape index (κ2) is 5.63. The number of fused-ring (bicyclic) bond motifs is 1. The van der Waals surface area contributed by atoms with E-state index in [0.29, 0.717) is 0 Å². The Morgan fingerprint density at radius 1 is 1.26 bits per heavy atom. The van der Waals surface area contributed by atoms with Crippen LogP contribution in [0.4, 0.5) is 5.69 Å². The van der Waals surface area contributed by atoms with E-state index in [4.69, 9.17) is 10.5 Å². The fourth-order valence-corrected chi connectivity index (χ4v) is 4.41. The van der Waals surface area contributed by atoms with Gasteiger partial charge < -0.3 is 15.4 Å². The third-order valence-electron chi connectivity index (χ3n) is 4.32. The van der Waals surface area contributed by atoms with Crippen LogP contribution in [0.3, 0.4) is 0 Å². The van der Waals surface area contributed by atoms with Gasteiger partial charge in [-0.15, -0.1) is 0 Å². The number of anilines is 1. The van der Waals surface area contributed by atoms with E-state index in [2.05, 4.69) is 23.1 Å². The van der Waals surface area contributed by atoms with E-state index in [1.54, 1.807) is 0 Å². The molecule has 0 bridgehead atoms. The third-order valence-corrected chi connectivity index (χ3v) is 5.30. The zero-order valence-corrected chi connectivity index (χ0v) is 12.1. The van der Waals surface area contributed by atoms with Crippen molar-refractivity contribution < 1.29 is 4.74 Å². The first-order chi connectivity index (χ1) is 9.36. The minimum Gasteiger partial charge on any atom is -0.491 e. The van der Waals surface area contributed by atoms with Crippen molar-refractivity contribution in [1.82, 2.24) is 0 Å². The molecule has 0 aliphatic carbocycles. The van der Waals surface area contributed by atoms with Gasteiger partial charge in [-0.1, -0.05) is 12.1 Å². The Balaban J connectivity index is 1.98. The van der Waals surface area contributed by atoms with Crippen LogP contribution in [-0.4, -0.2) is 36.7 Å². The van der Waals surface area contributed by atoms with E-state index in [1.807, 2.05) is 17.8 Å². The van der Waals surface area contributed by atoms with Gasteiger partial charge >= 0.3 is 0 Å². The number of nitrogens with two attached hydrogens (primary N) is 1. The number of nitrogens with zero attached hydrogens (tertiary/aromatic N) is 1. The standard InChI is InChI=1S/C15H22N2OS/c16-12-15(6-10-19-11-7-15)17-8-3-9-18-14-5-2-1-4-13(14)17/h1-2,4-5H,3,6-12,16H2. The summed E-state index contributed by atoms with van der Waals surface area (Å²) in [5, 5.41) is 0. The lowest BCUT2D eigenvalue weighted by atomic mass is 9.89. The molecule has 2 heterocycles. The predicted octanol–water partition coefficient (Wildman–Crippen LogP) is 2.50. The normalized spacial score (nSPS) is 22.3. The summed E-state index contributed by atoms with van der Waals surface area (Å²) < 4.78 is 5.87. The molecule has 2 aliphatic heterocycles. The highest BCUT2D eigenvalue weighted by molar-refractivity contribution is 7.99. The second-order valence-corrected chi connectivity index (χ2v) is 6.59. The van der Waals surface area contributed by atoms with Crippen molar-refractivity contribution >= 4 is 17.4 Å². The lowest BCUT2D eigenvalue weighted by Crippen LogP contribution is -2.56. The fourth-order valence-electron chi connectivity index (χ4n) is 3.16. The molecule has 19 heavy (non-hydrogen) atoms. The molecule has 1 aromatic carbocycles. The van der Waals surface area contributed by atoms with Gasteiger partial charge in [-0.3, -0.25) is 0 Å². The molecular formula is C15H22N2OS. The first kappa shape index (κ1) is 13.1. The first-order valence-electron chi connectivity index (χ1n) is 7.13. The average Bonchev–Trinajstić information content (AvgIpc) is 2.70. The van der Waals surface area contributed by atoms with Crippen LogP contribution in [0, 0.1) is 0 Å². The summed E-state index contributed by atoms with van der Waals surface area (Å²) in [6.07, 6.45) is 3.44. The van der Waals surface area contributed by atoms with Crippen molar-refractivity contribution in [1.29, 1.82) is 0 Å². The highest BCUT2D eigenvalue weighted by atomic mass is 32.2. The van der Waals surface area contributed by atoms with Crippen LogP contribution in [0.2, 0.25) is 0 Å². The molecule has 0 spiro atoms. The molecule has 0 amide bonds. The van der Waals surface area contributed by atoms with Crippen molar-refractivity contribution in [2.24, 2.45) is 5.73 Å². The van der Waals surface area contributed by atoms with Gasteiger partial charge in [-0.2, -0.15) is 11.8 Å². The van der Waals surface area contributed by atoms with Crippen molar-refractivity contribution in [3.05, 3.63) is 24.3 Å². The van der Waals surface area contributed by atoms with Crippen LogP contribution >= 0.6 is 11.8 Å². The Kier molecular flexibility index (Phi) is 3.89. The Morgan fingerprint density at radius 3 is 2.84 bits per heavy atom. The summed E-state index contributed by atoms with van der Waals surface area (Å²) in [4.78, 5) is 2.54. The number of rotatable bonds is 2. The molecule has 1 saturated heterocycles. The number of ether oxygens (including phenoxy) is 1. The SMILES string of the molecule is NCC1(N2CCCOc3ccccc32)CCSCC1. The molecule has 0 unspecified atom stereocenters. The summed E-state index contributed by atoms with van der Waals surface area (Å²) in [6.45, 7) is 2.60. The molecule has 2 aliphatic rings. The van der Waals surface area contributed by atoms with E-state index in [9.17, 15) is 0 Å². The molecule has 0 aromatic heterocycles. The zero-order chi connectivity index (χ0) is 13.1. The number of para-hydroxylation sites is 2. The Morgan fingerprint density at radius 2 is 2.05 bits per heavy atom. The van der Waals surface area contributed by atoms with Gasteiger partial charge in [0.2, 0.25) is 0 Å². The highest BCUT2D eigenvalue weighted by Crippen LogP contribution is 2.40. The molecule has 4 heteroatoms. The maximum absolute atomic E-state index is 6.19. The second-order valence-electron chi connectivity index (χ2n) is 5.36. The monoisotopic (exact) mass is 278 g/mol. The third kappa shape index (κ3) is 2.43. The molecular weight excluding hydrogens is 256 g/mol. The van der Waals surface area contributed by atoms with Gasteiger partial charge in [0.25, 0.3) is 0 Å². The molecule has 3 rings (SSSR count). The molecule has 0 saturated carbocycles. The molecule has 3 nitrogen and oxygen atoms in total. The van der Waals surface area contributed by atoms with Crippen LogP contribution in [0.25, 0.3) is 0 Å². The summed E-state index contributed by atoms with van der Waals surface area (Å²) in [6, 6.07) is 8.41. The number of hydrogen-bond acceptors (Lipinski definition) is 4. The Hall–Kier alpha value is -0.870. The number of hydrogen-bond donors (Lipinski definition) is 1. The molecule has 0 atom stereocenters. The zero-order valence-electron chi connectivity index (χ0n) is 11.3. The van der Waals surface area contributed by atoms with Gasteiger partial charge in [-0.05, 0) is 42.9 Å². The molecule has 104 valence electrons. The smallest absolute Gasteiger partial charge is 0.142 e. The molecule has 0 radical (unpaired) electrons. The quantitative estimate of drug-likeness (QED) is 0.902. The molecule has 2 N–H and O–H groups in total. The van der Waals surface area contributed by atoms with Gasteiger partial charge in [0.1, 0.15) is 5.75 Å². The van der Waals surface area contributed by atoms with Crippen molar-refractivity contribution in [3.8, 4) is 5.75 Å². The molecule has 1 aromatic rings. The Labute approximate surface area is 119 Å². The number of thioether (sulfide) groups is 1. The van der Waals surface area contributed by atoms with Crippen LogP contribution < -0.4 is 15.4 Å².